The molecule has 1 fully saturated rings. The van der Waals surface area contributed by atoms with Gasteiger partial charge >= 0.3 is 0 Å². The van der Waals surface area contributed by atoms with Gasteiger partial charge in [0.15, 0.2) is 11.5 Å². The molecule has 1 aliphatic rings. The number of methoxy groups -OCH3 is 2. The van der Waals surface area contributed by atoms with E-state index in [-0.39, 0.29) is 5.91 Å². The number of hydrogen-bond acceptors (Lipinski definition) is 6. The second-order valence-corrected chi connectivity index (χ2v) is 9.28. The van der Waals surface area contributed by atoms with Crippen LogP contribution in [0.2, 0.25) is 0 Å². The van der Waals surface area contributed by atoms with Gasteiger partial charge in [-0.25, -0.2) is 4.98 Å². The van der Waals surface area contributed by atoms with E-state index < -0.39 is 0 Å². The summed E-state index contributed by atoms with van der Waals surface area (Å²) in [4.78, 5) is 19.7. The molecule has 1 aromatic heterocycles. The predicted molar refractivity (Wildman–Crippen MR) is 132 cm³/mol. The van der Waals surface area contributed by atoms with Gasteiger partial charge in [0.25, 0.3) is 0 Å². The lowest BCUT2D eigenvalue weighted by Gasteiger charge is -2.32. The van der Waals surface area contributed by atoms with E-state index in [1.54, 1.807) is 14.2 Å². The fourth-order valence-electron chi connectivity index (χ4n) is 4.28. The van der Waals surface area contributed by atoms with Crippen LogP contribution in [0.4, 0.5) is 0 Å². The summed E-state index contributed by atoms with van der Waals surface area (Å²) >= 11 is 1.53. The highest BCUT2D eigenvalue weighted by molar-refractivity contribution is 7.13. The molecule has 174 valence electrons. The molecule has 7 heteroatoms. The Morgan fingerprint density at radius 2 is 1.97 bits per heavy atom. The monoisotopic (exact) mass is 465 g/mol. The molecule has 1 saturated heterocycles. The molecule has 0 aliphatic carbocycles. The third kappa shape index (κ3) is 6.33. The molecule has 0 saturated carbocycles. The Morgan fingerprint density at radius 1 is 1.15 bits per heavy atom. The van der Waals surface area contributed by atoms with Gasteiger partial charge in [0.05, 0.1) is 26.3 Å². The van der Waals surface area contributed by atoms with Crippen LogP contribution in [-0.2, 0) is 17.8 Å². The summed E-state index contributed by atoms with van der Waals surface area (Å²) in [5, 5.41) is 5.95. The zero-order valence-corrected chi connectivity index (χ0v) is 20.1. The van der Waals surface area contributed by atoms with Crippen LogP contribution in [0.1, 0.15) is 24.1 Å². The van der Waals surface area contributed by atoms with E-state index >= 15 is 0 Å². The van der Waals surface area contributed by atoms with E-state index in [9.17, 15) is 4.79 Å². The van der Waals surface area contributed by atoms with Gasteiger partial charge in [0.2, 0.25) is 5.91 Å². The molecule has 0 bridgehead atoms. The summed E-state index contributed by atoms with van der Waals surface area (Å²) in [5.74, 6) is 1.87. The number of carbonyl (C=O) groups is 1. The highest BCUT2D eigenvalue weighted by Gasteiger charge is 2.21. The molecule has 3 aromatic rings. The van der Waals surface area contributed by atoms with E-state index in [2.05, 4.69) is 45.5 Å². The molecule has 1 unspecified atom stereocenters. The van der Waals surface area contributed by atoms with Gasteiger partial charge < -0.3 is 14.8 Å². The van der Waals surface area contributed by atoms with Crippen molar-refractivity contribution in [3.8, 4) is 22.1 Å². The van der Waals surface area contributed by atoms with Crippen molar-refractivity contribution >= 4 is 17.2 Å². The average molecular weight is 466 g/mol. The Balaban J connectivity index is 1.27. The largest absolute Gasteiger partial charge is 0.493 e. The zero-order valence-electron chi connectivity index (χ0n) is 19.3. The second-order valence-electron chi connectivity index (χ2n) is 8.42. The van der Waals surface area contributed by atoms with E-state index in [0.717, 1.165) is 48.9 Å². The van der Waals surface area contributed by atoms with E-state index in [1.165, 1.54) is 23.3 Å². The van der Waals surface area contributed by atoms with E-state index in [1.807, 2.05) is 23.6 Å². The number of nitrogens with one attached hydrogen (secondary N) is 1. The number of piperidine rings is 1. The first-order valence-electron chi connectivity index (χ1n) is 11.3. The predicted octanol–water partition coefficient (Wildman–Crippen LogP) is 4.40. The number of ether oxygens (including phenoxy) is 2. The molecule has 6 nitrogen and oxygen atoms in total. The van der Waals surface area contributed by atoms with Gasteiger partial charge in [-0.05, 0) is 49.1 Å². The number of nitrogens with zero attached hydrogens (tertiary/aromatic N) is 2. The van der Waals surface area contributed by atoms with Crippen LogP contribution in [0, 0.1) is 5.92 Å². The summed E-state index contributed by atoms with van der Waals surface area (Å²) in [6.45, 7) is 3.84. The third-order valence-electron chi connectivity index (χ3n) is 5.96. The normalized spacial score (nSPS) is 16.4. The van der Waals surface area contributed by atoms with Crippen molar-refractivity contribution in [3.05, 3.63) is 65.2 Å². The van der Waals surface area contributed by atoms with Crippen LogP contribution in [-0.4, -0.2) is 49.6 Å². The van der Waals surface area contributed by atoms with Crippen molar-refractivity contribution < 1.29 is 14.3 Å². The van der Waals surface area contributed by atoms with Gasteiger partial charge in [-0.3, -0.25) is 9.69 Å². The Morgan fingerprint density at radius 3 is 2.76 bits per heavy atom. The Bertz CT molecular complexity index is 1050. The number of thiazole rings is 1. The molecule has 1 N–H and O–H groups in total. The average Bonchev–Trinajstić information content (AvgIpc) is 3.31. The van der Waals surface area contributed by atoms with Crippen molar-refractivity contribution in [2.45, 2.75) is 25.8 Å². The molecule has 0 radical (unpaired) electrons. The number of benzene rings is 2. The molecule has 0 spiro atoms. The van der Waals surface area contributed by atoms with Gasteiger partial charge in [-0.15, -0.1) is 11.3 Å². The first kappa shape index (κ1) is 23.3. The van der Waals surface area contributed by atoms with Crippen molar-refractivity contribution in [1.82, 2.24) is 15.2 Å². The van der Waals surface area contributed by atoms with E-state index in [0.29, 0.717) is 23.8 Å². The minimum Gasteiger partial charge on any atom is -0.493 e. The summed E-state index contributed by atoms with van der Waals surface area (Å²) in [6.07, 6.45) is 2.63. The molecule has 2 heterocycles. The standard InChI is InChI=1S/C26H31N3O3S/c1-31-23-11-10-21(13-24(23)32-2)26-28-22(18-33-26)14-25(30)27-15-20-9-6-12-29(17-20)16-19-7-4-3-5-8-19/h3-5,7-8,10-11,13,18,20H,6,9,12,14-17H2,1-2H3,(H,27,30). The molecule has 4 rings (SSSR count). The van der Waals surface area contributed by atoms with Crippen LogP contribution in [0.15, 0.2) is 53.9 Å². The molecule has 1 amide bonds. The van der Waals surface area contributed by atoms with Crippen LogP contribution in [0.5, 0.6) is 11.5 Å². The van der Waals surface area contributed by atoms with Crippen LogP contribution in [0.25, 0.3) is 10.6 Å². The van der Waals surface area contributed by atoms with Crippen molar-refractivity contribution in [3.63, 3.8) is 0 Å². The van der Waals surface area contributed by atoms with Gasteiger partial charge in [-0.2, -0.15) is 0 Å². The maximum Gasteiger partial charge on any atom is 0.226 e. The molecule has 2 aromatic carbocycles. The van der Waals surface area contributed by atoms with Gasteiger partial charge in [0.1, 0.15) is 5.01 Å². The number of hydrogen-bond donors (Lipinski definition) is 1. The maximum atomic E-state index is 12.6. The van der Waals surface area contributed by atoms with Gasteiger partial charge in [-0.1, -0.05) is 30.3 Å². The zero-order chi connectivity index (χ0) is 23.0. The van der Waals surface area contributed by atoms with Crippen LogP contribution in [0.3, 0.4) is 0 Å². The molecular weight excluding hydrogens is 434 g/mol. The lowest BCUT2D eigenvalue weighted by Crippen LogP contribution is -2.40. The minimum absolute atomic E-state index is 0.0272. The lowest BCUT2D eigenvalue weighted by atomic mass is 9.97. The highest BCUT2D eigenvalue weighted by atomic mass is 32.1. The van der Waals surface area contributed by atoms with Crippen LogP contribution >= 0.6 is 11.3 Å². The number of amides is 1. The molecule has 33 heavy (non-hydrogen) atoms. The third-order valence-corrected chi connectivity index (χ3v) is 6.90. The Hall–Kier alpha value is -2.90. The molecule has 1 aliphatic heterocycles. The van der Waals surface area contributed by atoms with Crippen LogP contribution < -0.4 is 14.8 Å². The summed E-state index contributed by atoms with van der Waals surface area (Å²) < 4.78 is 10.7. The quantitative estimate of drug-likeness (QED) is 0.508. The SMILES string of the molecule is COc1ccc(-c2nc(CC(=O)NCC3CCCN(Cc4ccccc4)C3)cs2)cc1OC. The number of likely N-dealkylation sites (tertiary alicyclic amines) is 1. The smallest absolute Gasteiger partial charge is 0.226 e. The summed E-state index contributed by atoms with van der Waals surface area (Å²) in [7, 11) is 3.23. The molecule has 1 atom stereocenters. The Kier molecular flexibility index (Phi) is 7.96. The van der Waals surface area contributed by atoms with Gasteiger partial charge in [0, 0.05) is 30.6 Å². The number of aromatic nitrogens is 1. The first-order valence-corrected chi connectivity index (χ1v) is 12.2. The fourth-order valence-corrected chi connectivity index (χ4v) is 5.10. The highest BCUT2D eigenvalue weighted by Crippen LogP contribution is 2.33. The Labute approximate surface area is 199 Å². The van der Waals surface area contributed by atoms with Crippen molar-refractivity contribution in [1.29, 1.82) is 0 Å². The first-order chi connectivity index (χ1) is 16.1. The minimum atomic E-state index is 0.0272. The maximum absolute atomic E-state index is 12.6. The fraction of sp³-hybridized carbons (Fsp3) is 0.385. The summed E-state index contributed by atoms with van der Waals surface area (Å²) in [6, 6.07) is 16.3. The van der Waals surface area contributed by atoms with Crippen molar-refractivity contribution in [2.24, 2.45) is 5.92 Å². The van der Waals surface area contributed by atoms with E-state index in [4.69, 9.17) is 9.47 Å². The number of carbonyl (C=O) groups excluding carboxylic acids is 1. The lowest BCUT2D eigenvalue weighted by molar-refractivity contribution is -0.120. The second kappa shape index (κ2) is 11.3. The van der Waals surface area contributed by atoms with Crippen molar-refractivity contribution in [2.75, 3.05) is 33.9 Å². The number of rotatable bonds is 9. The molecular formula is C26H31N3O3S. The summed E-state index contributed by atoms with van der Waals surface area (Å²) in [5.41, 5.74) is 3.08. The topological polar surface area (TPSA) is 63.7 Å².